The summed E-state index contributed by atoms with van der Waals surface area (Å²) in [5, 5.41) is 0. The van der Waals surface area contributed by atoms with E-state index in [0.29, 0.717) is 27.9 Å². The molecule has 0 spiro atoms. The number of fused-ring (bicyclic) bond motifs is 2. The number of hydrogen-bond donors (Lipinski definition) is 1. The summed E-state index contributed by atoms with van der Waals surface area (Å²) in [4.78, 5) is 25.3. The van der Waals surface area contributed by atoms with Crippen LogP contribution in [0.2, 0.25) is 0 Å². The van der Waals surface area contributed by atoms with Crippen molar-refractivity contribution in [1.82, 2.24) is 0 Å². The number of anilines is 1. The lowest BCUT2D eigenvalue weighted by Gasteiger charge is -2.23. The predicted octanol–water partition coefficient (Wildman–Crippen LogP) is 3.17. The van der Waals surface area contributed by atoms with Crippen LogP contribution in [0.4, 0.5) is 5.69 Å². The highest BCUT2D eigenvalue weighted by molar-refractivity contribution is 6.29. The first-order valence-electron chi connectivity index (χ1n) is 6.63. The molecule has 0 saturated carbocycles. The quantitative estimate of drug-likeness (QED) is 0.687. The third kappa shape index (κ3) is 1.59. The molecule has 1 aliphatic carbocycles. The summed E-state index contributed by atoms with van der Waals surface area (Å²) in [5.74, 6) is -0.115. The van der Waals surface area contributed by atoms with E-state index in [1.165, 1.54) is 0 Å². The van der Waals surface area contributed by atoms with Crippen LogP contribution >= 0.6 is 0 Å². The monoisotopic (exact) mass is 265 g/mol. The Labute approximate surface area is 117 Å². The summed E-state index contributed by atoms with van der Waals surface area (Å²) in [6.07, 6.45) is 0. The Balaban J connectivity index is 2.37. The minimum Gasteiger partial charge on any atom is -0.398 e. The second-order valence-corrected chi connectivity index (χ2v) is 5.35. The van der Waals surface area contributed by atoms with E-state index in [-0.39, 0.29) is 17.5 Å². The van der Waals surface area contributed by atoms with Crippen molar-refractivity contribution in [1.29, 1.82) is 0 Å². The average molecular weight is 265 g/mol. The molecule has 0 aliphatic heterocycles. The minimum absolute atomic E-state index is 0.0898. The molecular weight excluding hydrogens is 250 g/mol. The first-order chi connectivity index (χ1) is 9.52. The normalized spacial score (nSPS) is 13.3. The molecule has 2 N–H and O–H groups in total. The van der Waals surface area contributed by atoms with Crippen molar-refractivity contribution in [2.45, 2.75) is 19.8 Å². The van der Waals surface area contributed by atoms with Gasteiger partial charge in [0.15, 0.2) is 11.6 Å². The van der Waals surface area contributed by atoms with Crippen LogP contribution in [-0.4, -0.2) is 11.6 Å². The minimum atomic E-state index is -0.105. The van der Waals surface area contributed by atoms with Gasteiger partial charge >= 0.3 is 0 Å². The van der Waals surface area contributed by atoms with E-state index in [1.807, 2.05) is 13.8 Å². The number of carbonyl (C=O) groups is 2. The summed E-state index contributed by atoms with van der Waals surface area (Å²) >= 11 is 0. The largest absolute Gasteiger partial charge is 0.398 e. The highest BCUT2D eigenvalue weighted by atomic mass is 16.1. The second kappa shape index (κ2) is 4.30. The summed E-state index contributed by atoms with van der Waals surface area (Å²) in [6, 6.07) is 10.3. The second-order valence-electron chi connectivity index (χ2n) is 5.35. The third-order valence-corrected chi connectivity index (χ3v) is 3.74. The lowest BCUT2D eigenvalue weighted by atomic mass is 9.79. The van der Waals surface area contributed by atoms with E-state index in [2.05, 4.69) is 0 Å². The number of nitrogen functional groups attached to an aromatic ring is 1. The zero-order chi connectivity index (χ0) is 14.4. The molecule has 20 heavy (non-hydrogen) atoms. The highest BCUT2D eigenvalue weighted by Crippen LogP contribution is 2.35. The molecule has 0 saturated heterocycles. The molecule has 3 nitrogen and oxygen atoms in total. The Bertz CT molecular complexity index is 745. The van der Waals surface area contributed by atoms with Gasteiger partial charge in [0.1, 0.15) is 0 Å². The molecular formula is C17H15NO2. The van der Waals surface area contributed by atoms with Crippen molar-refractivity contribution in [2.24, 2.45) is 0 Å². The van der Waals surface area contributed by atoms with Crippen LogP contribution in [-0.2, 0) is 0 Å². The first kappa shape index (κ1) is 12.6. The van der Waals surface area contributed by atoms with E-state index in [4.69, 9.17) is 5.73 Å². The molecule has 0 fully saturated rings. The fourth-order valence-electron chi connectivity index (χ4n) is 2.85. The number of carbonyl (C=O) groups excluding carboxylic acids is 2. The summed E-state index contributed by atoms with van der Waals surface area (Å²) in [6.45, 7) is 3.95. The molecule has 1 aliphatic rings. The molecule has 0 unspecified atom stereocenters. The van der Waals surface area contributed by atoms with Crippen molar-refractivity contribution >= 4 is 17.3 Å². The van der Waals surface area contributed by atoms with Gasteiger partial charge in [-0.05, 0) is 23.6 Å². The number of rotatable bonds is 1. The summed E-state index contributed by atoms with van der Waals surface area (Å²) < 4.78 is 0. The van der Waals surface area contributed by atoms with Gasteiger partial charge in [-0.15, -0.1) is 0 Å². The molecule has 3 rings (SSSR count). The summed E-state index contributed by atoms with van der Waals surface area (Å²) in [7, 11) is 0. The van der Waals surface area contributed by atoms with Gasteiger partial charge in [-0.1, -0.05) is 38.1 Å². The maximum absolute atomic E-state index is 12.7. The van der Waals surface area contributed by atoms with Crippen LogP contribution in [0.3, 0.4) is 0 Å². The van der Waals surface area contributed by atoms with Crippen LogP contribution in [0, 0.1) is 0 Å². The SMILES string of the molecule is CC(C)c1c(N)ccc2c1C(=O)c1ccccc1C2=O. The van der Waals surface area contributed by atoms with Crippen molar-refractivity contribution < 1.29 is 9.59 Å². The molecule has 3 heteroatoms. The Morgan fingerprint density at radius 2 is 1.45 bits per heavy atom. The van der Waals surface area contributed by atoms with Crippen molar-refractivity contribution in [3.63, 3.8) is 0 Å². The molecule has 0 aromatic heterocycles. The van der Waals surface area contributed by atoms with E-state index in [1.54, 1.807) is 36.4 Å². The highest BCUT2D eigenvalue weighted by Gasteiger charge is 2.32. The van der Waals surface area contributed by atoms with Crippen LogP contribution in [0.15, 0.2) is 36.4 Å². The molecule has 0 amide bonds. The molecule has 100 valence electrons. The maximum atomic E-state index is 12.7. The molecule has 2 aromatic rings. The molecule has 0 radical (unpaired) electrons. The lowest BCUT2D eigenvalue weighted by molar-refractivity contribution is 0.0978. The molecule has 0 heterocycles. The van der Waals surface area contributed by atoms with Gasteiger partial charge in [0.05, 0.1) is 0 Å². The fraction of sp³-hybridized carbons (Fsp3) is 0.176. The predicted molar refractivity (Wildman–Crippen MR) is 78.3 cm³/mol. The zero-order valence-electron chi connectivity index (χ0n) is 11.4. The van der Waals surface area contributed by atoms with E-state index < -0.39 is 0 Å². The maximum Gasteiger partial charge on any atom is 0.194 e. The van der Waals surface area contributed by atoms with Crippen molar-refractivity contribution in [3.8, 4) is 0 Å². The first-order valence-corrected chi connectivity index (χ1v) is 6.63. The smallest absolute Gasteiger partial charge is 0.194 e. The third-order valence-electron chi connectivity index (χ3n) is 3.74. The van der Waals surface area contributed by atoms with Crippen molar-refractivity contribution in [3.05, 3.63) is 64.2 Å². The van der Waals surface area contributed by atoms with Gasteiger partial charge in [0, 0.05) is 27.9 Å². The van der Waals surface area contributed by atoms with Crippen LogP contribution in [0.25, 0.3) is 0 Å². The molecule has 0 bridgehead atoms. The van der Waals surface area contributed by atoms with Crippen LogP contribution in [0.5, 0.6) is 0 Å². The van der Waals surface area contributed by atoms with Crippen LogP contribution < -0.4 is 5.73 Å². The average Bonchev–Trinajstić information content (AvgIpc) is 2.44. The Kier molecular flexibility index (Phi) is 2.71. The number of hydrogen-bond acceptors (Lipinski definition) is 3. The zero-order valence-corrected chi connectivity index (χ0v) is 11.4. The van der Waals surface area contributed by atoms with Gasteiger partial charge in [0.2, 0.25) is 0 Å². The van der Waals surface area contributed by atoms with Gasteiger partial charge in [-0.25, -0.2) is 0 Å². The van der Waals surface area contributed by atoms with E-state index in [0.717, 1.165) is 5.56 Å². The summed E-state index contributed by atoms with van der Waals surface area (Å²) in [5.41, 5.74) is 9.24. The van der Waals surface area contributed by atoms with E-state index in [9.17, 15) is 9.59 Å². The van der Waals surface area contributed by atoms with Gasteiger partial charge < -0.3 is 5.73 Å². The van der Waals surface area contributed by atoms with Crippen molar-refractivity contribution in [2.75, 3.05) is 5.73 Å². The number of nitrogens with two attached hydrogens (primary N) is 1. The van der Waals surface area contributed by atoms with Crippen LogP contribution in [0.1, 0.15) is 57.2 Å². The Hall–Kier alpha value is -2.42. The molecule has 0 atom stereocenters. The number of ketones is 2. The fourth-order valence-corrected chi connectivity index (χ4v) is 2.85. The van der Waals surface area contributed by atoms with Gasteiger partial charge in [-0.3, -0.25) is 9.59 Å². The Morgan fingerprint density at radius 1 is 0.850 bits per heavy atom. The number of benzene rings is 2. The standard InChI is InChI=1S/C17H15NO2/c1-9(2)14-13(18)8-7-12-15(14)17(20)11-6-4-3-5-10(11)16(12)19/h3-9H,18H2,1-2H3. The van der Waals surface area contributed by atoms with Gasteiger partial charge in [0.25, 0.3) is 0 Å². The topological polar surface area (TPSA) is 60.2 Å². The van der Waals surface area contributed by atoms with E-state index >= 15 is 0 Å². The lowest BCUT2D eigenvalue weighted by Crippen LogP contribution is -2.23. The Morgan fingerprint density at radius 3 is 2.05 bits per heavy atom. The molecule has 2 aromatic carbocycles. The van der Waals surface area contributed by atoms with Gasteiger partial charge in [-0.2, -0.15) is 0 Å².